The van der Waals surface area contributed by atoms with Gasteiger partial charge in [0.05, 0.1) is 6.33 Å². The maximum Gasteiger partial charge on any atom is 0.276 e. The van der Waals surface area contributed by atoms with Gasteiger partial charge in [-0.25, -0.2) is 4.98 Å². The Labute approximate surface area is 100 Å². The first-order chi connectivity index (χ1) is 8.09. The van der Waals surface area contributed by atoms with Crippen LogP contribution in [-0.2, 0) is 0 Å². The number of nitrogens with one attached hydrogen (secondary N) is 1. The van der Waals surface area contributed by atoms with Crippen molar-refractivity contribution >= 4 is 11.5 Å². The lowest BCUT2D eigenvalue weighted by Gasteiger charge is -2.34. The van der Waals surface area contributed by atoms with Gasteiger partial charge in [0.1, 0.15) is 5.69 Å². The summed E-state index contributed by atoms with van der Waals surface area (Å²) in [6, 6.07) is 0.676. The molecule has 1 aromatic heterocycles. The SMILES string of the molecule is CN(c1nc[nH]c(=O)c1N)C1CCC(N)CC1. The summed E-state index contributed by atoms with van der Waals surface area (Å²) in [5.74, 6) is 0.564. The first-order valence-electron chi connectivity index (χ1n) is 5.91. The van der Waals surface area contributed by atoms with Crippen LogP contribution in [0.15, 0.2) is 11.1 Å². The van der Waals surface area contributed by atoms with E-state index in [0.717, 1.165) is 25.7 Å². The highest BCUT2D eigenvalue weighted by Crippen LogP contribution is 2.25. The third-order valence-electron chi connectivity index (χ3n) is 3.49. The Morgan fingerprint density at radius 3 is 2.71 bits per heavy atom. The molecule has 5 N–H and O–H groups in total. The highest BCUT2D eigenvalue weighted by atomic mass is 16.1. The van der Waals surface area contributed by atoms with Gasteiger partial charge in [0.15, 0.2) is 5.82 Å². The normalized spacial score (nSPS) is 24.6. The van der Waals surface area contributed by atoms with Crippen molar-refractivity contribution in [3.05, 3.63) is 16.7 Å². The van der Waals surface area contributed by atoms with Crippen LogP contribution in [0.25, 0.3) is 0 Å². The first-order valence-corrected chi connectivity index (χ1v) is 5.91. The van der Waals surface area contributed by atoms with Gasteiger partial charge in [-0.3, -0.25) is 4.79 Å². The number of rotatable bonds is 2. The van der Waals surface area contributed by atoms with Crippen molar-refractivity contribution < 1.29 is 0 Å². The zero-order valence-corrected chi connectivity index (χ0v) is 10.0. The molecule has 17 heavy (non-hydrogen) atoms. The van der Waals surface area contributed by atoms with Crippen molar-refractivity contribution in [2.75, 3.05) is 17.7 Å². The Bertz CT molecular complexity index is 436. The van der Waals surface area contributed by atoms with E-state index in [2.05, 4.69) is 9.97 Å². The van der Waals surface area contributed by atoms with Gasteiger partial charge in [0.2, 0.25) is 0 Å². The molecule has 1 aliphatic rings. The number of nitrogens with two attached hydrogens (primary N) is 2. The van der Waals surface area contributed by atoms with Crippen LogP contribution in [0, 0.1) is 0 Å². The minimum atomic E-state index is -0.283. The summed E-state index contributed by atoms with van der Waals surface area (Å²) in [7, 11) is 1.93. The Morgan fingerprint density at radius 2 is 2.06 bits per heavy atom. The molecule has 2 rings (SSSR count). The van der Waals surface area contributed by atoms with Crippen molar-refractivity contribution in [2.45, 2.75) is 37.8 Å². The Kier molecular flexibility index (Phi) is 3.33. The van der Waals surface area contributed by atoms with E-state index in [4.69, 9.17) is 11.5 Å². The van der Waals surface area contributed by atoms with E-state index in [1.165, 1.54) is 6.33 Å². The van der Waals surface area contributed by atoms with Crippen LogP contribution in [0.3, 0.4) is 0 Å². The number of hydrogen-bond donors (Lipinski definition) is 3. The molecule has 94 valence electrons. The minimum Gasteiger partial charge on any atom is -0.391 e. The quantitative estimate of drug-likeness (QED) is 0.675. The number of anilines is 2. The van der Waals surface area contributed by atoms with Crippen molar-refractivity contribution in [3.8, 4) is 0 Å². The summed E-state index contributed by atoms with van der Waals surface area (Å²) in [6.07, 6.45) is 5.45. The topological polar surface area (TPSA) is 101 Å². The van der Waals surface area contributed by atoms with E-state index in [0.29, 0.717) is 17.9 Å². The van der Waals surface area contributed by atoms with Gasteiger partial charge in [0, 0.05) is 19.1 Å². The van der Waals surface area contributed by atoms with Crippen LogP contribution in [0.4, 0.5) is 11.5 Å². The number of nitrogens with zero attached hydrogens (tertiary/aromatic N) is 2. The summed E-state index contributed by atoms with van der Waals surface area (Å²) >= 11 is 0. The lowest BCUT2D eigenvalue weighted by Crippen LogP contribution is -2.40. The predicted octanol–water partition coefficient (Wildman–Crippen LogP) is 0.0582. The van der Waals surface area contributed by atoms with Gasteiger partial charge in [-0.1, -0.05) is 0 Å². The number of H-pyrrole nitrogens is 1. The molecule has 1 aliphatic carbocycles. The minimum absolute atomic E-state index is 0.185. The number of aromatic nitrogens is 2. The van der Waals surface area contributed by atoms with Crippen LogP contribution in [-0.4, -0.2) is 29.1 Å². The lowest BCUT2D eigenvalue weighted by molar-refractivity contribution is 0.384. The van der Waals surface area contributed by atoms with Crippen LogP contribution in [0.1, 0.15) is 25.7 Å². The van der Waals surface area contributed by atoms with Gasteiger partial charge >= 0.3 is 0 Å². The molecule has 0 aliphatic heterocycles. The Balaban J connectivity index is 2.17. The molecular formula is C11H19N5O. The second kappa shape index (κ2) is 4.75. The molecule has 1 saturated carbocycles. The molecule has 1 aromatic rings. The summed E-state index contributed by atoms with van der Waals surface area (Å²) in [6.45, 7) is 0. The third-order valence-corrected chi connectivity index (χ3v) is 3.49. The maximum absolute atomic E-state index is 11.4. The standard InChI is InChI=1S/C11H19N5O/c1-16(8-4-2-7(12)3-5-8)10-9(13)11(17)15-6-14-10/h6-8H,2-5,12-13H2,1H3,(H,14,15,17). The van der Waals surface area contributed by atoms with Crippen LogP contribution >= 0.6 is 0 Å². The smallest absolute Gasteiger partial charge is 0.276 e. The van der Waals surface area contributed by atoms with Gasteiger partial charge in [-0.2, -0.15) is 0 Å². The fourth-order valence-corrected chi connectivity index (χ4v) is 2.34. The lowest BCUT2D eigenvalue weighted by atomic mass is 9.91. The number of hydrogen-bond acceptors (Lipinski definition) is 5. The summed E-state index contributed by atoms with van der Waals surface area (Å²) in [5.41, 5.74) is 11.5. The molecule has 1 fully saturated rings. The largest absolute Gasteiger partial charge is 0.391 e. The fourth-order valence-electron chi connectivity index (χ4n) is 2.34. The van der Waals surface area contributed by atoms with E-state index >= 15 is 0 Å². The van der Waals surface area contributed by atoms with Crippen LogP contribution in [0.2, 0.25) is 0 Å². The van der Waals surface area contributed by atoms with Crippen molar-refractivity contribution in [2.24, 2.45) is 5.73 Å². The van der Waals surface area contributed by atoms with E-state index in [1.54, 1.807) is 0 Å². The molecule has 6 heteroatoms. The molecule has 0 spiro atoms. The first kappa shape index (κ1) is 11.9. The third kappa shape index (κ3) is 2.41. The van der Waals surface area contributed by atoms with Crippen molar-refractivity contribution in [1.29, 1.82) is 0 Å². The average Bonchev–Trinajstić information content (AvgIpc) is 2.33. The molecule has 0 atom stereocenters. The van der Waals surface area contributed by atoms with E-state index in [-0.39, 0.29) is 11.2 Å². The van der Waals surface area contributed by atoms with Gasteiger partial charge < -0.3 is 21.4 Å². The molecule has 0 saturated heterocycles. The zero-order valence-electron chi connectivity index (χ0n) is 10.0. The van der Waals surface area contributed by atoms with E-state index in [1.807, 2.05) is 11.9 Å². The molecular weight excluding hydrogens is 218 g/mol. The zero-order chi connectivity index (χ0) is 12.4. The van der Waals surface area contributed by atoms with E-state index < -0.39 is 0 Å². The number of aromatic amines is 1. The highest BCUT2D eigenvalue weighted by molar-refractivity contribution is 5.60. The molecule has 0 amide bonds. The maximum atomic E-state index is 11.4. The summed E-state index contributed by atoms with van der Waals surface area (Å²) in [4.78, 5) is 20.0. The summed E-state index contributed by atoms with van der Waals surface area (Å²) < 4.78 is 0. The molecule has 6 nitrogen and oxygen atoms in total. The van der Waals surface area contributed by atoms with Crippen molar-refractivity contribution in [1.82, 2.24) is 9.97 Å². The van der Waals surface area contributed by atoms with E-state index in [9.17, 15) is 4.79 Å². The second-order valence-corrected chi connectivity index (χ2v) is 4.65. The molecule has 0 radical (unpaired) electrons. The Morgan fingerprint density at radius 1 is 1.41 bits per heavy atom. The molecule has 0 unspecified atom stereocenters. The fraction of sp³-hybridized carbons (Fsp3) is 0.636. The molecule has 0 bridgehead atoms. The van der Waals surface area contributed by atoms with Gasteiger partial charge in [0.25, 0.3) is 5.56 Å². The second-order valence-electron chi connectivity index (χ2n) is 4.65. The van der Waals surface area contributed by atoms with Crippen LogP contribution in [0.5, 0.6) is 0 Å². The van der Waals surface area contributed by atoms with Gasteiger partial charge in [-0.15, -0.1) is 0 Å². The van der Waals surface area contributed by atoms with Gasteiger partial charge in [-0.05, 0) is 25.7 Å². The molecule has 1 heterocycles. The van der Waals surface area contributed by atoms with Crippen LogP contribution < -0.4 is 21.9 Å². The van der Waals surface area contributed by atoms with Crippen molar-refractivity contribution in [3.63, 3.8) is 0 Å². The highest BCUT2D eigenvalue weighted by Gasteiger charge is 2.24. The number of nitrogen functional groups attached to an aromatic ring is 1. The molecule has 0 aromatic carbocycles. The predicted molar refractivity (Wildman–Crippen MR) is 67.9 cm³/mol. The Hall–Kier alpha value is -1.56. The monoisotopic (exact) mass is 237 g/mol. The average molecular weight is 237 g/mol. The summed E-state index contributed by atoms with van der Waals surface area (Å²) in [5, 5.41) is 0.